The van der Waals surface area contributed by atoms with Gasteiger partial charge < -0.3 is 25.5 Å². The molecule has 0 bridgehead atoms. The first-order valence-corrected chi connectivity index (χ1v) is 10.4. The molecule has 0 aromatic carbocycles. The second kappa shape index (κ2) is 9.90. The fourth-order valence-electron chi connectivity index (χ4n) is 3.73. The van der Waals surface area contributed by atoms with Crippen LogP contribution in [-0.4, -0.2) is 33.5 Å². The SMILES string of the molecule is Nc1nc(-c2ccco2)cc(C(NC=O)c2cccc(COC(=O)NC3CCCC3)n2)n1. The molecule has 2 amide bonds. The number of hydrogen-bond acceptors (Lipinski definition) is 8. The van der Waals surface area contributed by atoms with Gasteiger partial charge >= 0.3 is 6.09 Å². The van der Waals surface area contributed by atoms with E-state index in [1.165, 1.54) is 6.26 Å². The Hall–Kier alpha value is -3.95. The number of amides is 2. The third kappa shape index (κ3) is 5.20. The molecule has 1 aliphatic rings. The molecule has 10 nitrogen and oxygen atoms in total. The fourth-order valence-corrected chi connectivity index (χ4v) is 3.73. The lowest BCUT2D eigenvalue weighted by Crippen LogP contribution is -2.33. The van der Waals surface area contributed by atoms with Crippen LogP contribution in [0.25, 0.3) is 11.5 Å². The van der Waals surface area contributed by atoms with Gasteiger partial charge in [-0.3, -0.25) is 9.78 Å². The highest BCUT2D eigenvalue weighted by molar-refractivity contribution is 5.67. The quantitative estimate of drug-likeness (QED) is 0.457. The maximum atomic E-state index is 12.0. The Morgan fingerprint density at radius 1 is 1.19 bits per heavy atom. The van der Waals surface area contributed by atoms with Crippen LogP contribution in [0.3, 0.4) is 0 Å². The first-order valence-electron chi connectivity index (χ1n) is 10.4. The van der Waals surface area contributed by atoms with Gasteiger partial charge in [-0.15, -0.1) is 0 Å². The lowest BCUT2D eigenvalue weighted by molar-refractivity contribution is -0.110. The lowest BCUT2D eigenvalue weighted by atomic mass is 10.1. The molecule has 0 radical (unpaired) electrons. The van der Waals surface area contributed by atoms with Crippen LogP contribution < -0.4 is 16.4 Å². The van der Waals surface area contributed by atoms with E-state index in [0.717, 1.165) is 25.7 Å². The van der Waals surface area contributed by atoms with Gasteiger partial charge in [-0.2, -0.15) is 0 Å². The van der Waals surface area contributed by atoms with Gasteiger partial charge in [-0.25, -0.2) is 14.8 Å². The third-order valence-electron chi connectivity index (χ3n) is 5.22. The minimum absolute atomic E-state index is 0.00373. The molecule has 3 aromatic heterocycles. The number of alkyl carbamates (subject to hydrolysis) is 1. The summed E-state index contributed by atoms with van der Waals surface area (Å²) in [5.41, 5.74) is 7.87. The first-order chi connectivity index (χ1) is 15.6. The van der Waals surface area contributed by atoms with Crippen LogP contribution in [0.2, 0.25) is 0 Å². The molecule has 3 heterocycles. The van der Waals surface area contributed by atoms with Crippen molar-refractivity contribution in [1.29, 1.82) is 0 Å². The van der Waals surface area contributed by atoms with Gasteiger partial charge in [0.05, 0.1) is 23.3 Å². The van der Waals surface area contributed by atoms with Crippen molar-refractivity contribution < 1.29 is 18.7 Å². The average molecular weight is 436 g/mol. The van der Waals surface area contributed by atoms with Crippen molar-refractivity contribution in [2.75, 3.05) is 5.73 Å². The summed E-state index contributed by atoms with van der Waals surface area (Å²) in [7, 11) is 0. The van der Waals surface area contributed by atoms with Crippen LogP contribution in [0.4, 0.5) is 10.7 Å². The Bertz CT molecular complexity index is 1070. The normalized spacial score (nSPS) is 14.6. The van der Waals surface area contributed by atoms with E-state index in [2.05, 4.69) is 25.6 Å². The van der Waals surface area contributed by atoms with E-state index >= 15 is 0 Å². The average Bonchev–Trinajstić information content (AvgIpc) is 3.50. The van der Waals surface area contributed by atoms with Crippen molar-refractivity contribution in [3.05, 3.63) is 59.7 Å². The number of nitrogens with zero attached hydrogens (tertiary/aromatic N) is 3. The molecule has 0 aliphatic heterocycles. The van der Waals surface area contributed by atoms with E-state index in [1.54, 1.807) is 36.4 Å². The number of carbonyl (C=O) groups is 2. The summed E-state index contributed by atoms with van der Waals surface area (Å²) < 4.78 is 10.7. The van der Waals surface area contributed by atoms with Crippen molar-refractivity contribution in [1.82, 2.24) is 25.6 Å². The molecule has 3 aromatic rings. The molecule has 1 saturated carbocycles. The van der Waals surface area contributed by atoms with Crippen LogP contribution in [0.15, 0.2) is 47.1 Å². The van der Waals surface area contributed by atoms with Crippen LogP contribution in [-0.2, 0) is 16.1 Å². The highest BCUT2D eigenvalue weighted by Gasteiger charge is 2.21. The number of ether oxygens (including phenoxy) is 1. The molecule has 0 saturated heterocycles. The number of anilines is 1. The molecule has 4 rings (SSSR count). The molecular weight excluding hydrogens is 412 g/mol. The summed E-state index contributed by atoms with van der Waals surface area (Å²) >= 11 is 0. The zero-order valence-corrected chi connectivity index (χ0v) is 17.4. The Labute approximate surface area is 184 Å². The van der Waals surface area contributed by atoms with E-state index in [-0.39, 0.29) is 18.6 Å². The van der Waals surface area contributed by atoms with Gasteiger partial charge in [-0.1, -0.05) is 18.9 Å². The Balaban J connectivity index is 1.51. The number of hydrogen-bond donors (Lipinski definition) is 3. The van der Waals surface area contributed by atoms with E-state index < -0.39 is 12.1 Å². The Morgan fingerprint density at radius 3 is 2.78 bits per heavy atom. The van der Waals surface area contributed by atoms with Gasteiger partial charge in [0, 0.05) is 6.04 Å². The van der Waals surface area contributed by atoms with Crippen molar-refractivity contribution in [2.45, 2.75) is 44.4 Å². The van der Waals surface area contributed by atoms with E-state index in [1.807, 2.05) is 0 Å². The Kier molecular flexibility index (Phi) is 6.59. The molecule has 1 atom stereocenters. The van der Waals surface area contributed by atoms with E-state index in [9.17, 15) is 9.59 Å². The molecular formula is C22H24N6O4. The van der Waals surface area contributed by atoms with Gasteiger partial charge in [0.2, 0.25) is 12.4 Å². The molecule has 4 N–H and O–H groups in total. The minimum atomic E-state index is -0.682. The second-order valence-electron chi connectivity index (χ2n) is 7.49. The number of nitrogens with two attached hydrogens (primary N) is 1. The van der Waals surface area contributed by atoms with Crippen LogP contribution in [0.5, 0.6) is 0 Å². The standard InChI is InChI=1S/C22H24N6O4/c23-21-27-17(19-9-4-10-31-19)11-18(28-21)20(24-13-29)16-8-3-7-15(25-16)12-32-22(30)26-14-5-1-2-6-14/h3-4,7-11,13-14,20H,1-2,5-6,12H2,(H,24,29)(H,26,30)(H2,23,27,28). The predicted octanol–water partition coefficient (Wildman–Crippen LogP) is 2.72. The third-order valence-corrected chi connectivity index (χ3v) is 5.22. The number of pyridine rings is 1. The maximum absolute atomic E-state index is 12.0. The number of furan rings is 1. The summed E-state index contributed by atoms with van der Waals surface area (Å²) in [6.45, 7) is 0.00373. The summed E-state index contributed by atoms with van der Waals surface area (Å²) in [6.07, 6.45) is 5.83. The molecule has 0 spiro atoms. The molecule has 1 unspecified atom stereocenters. The molecule has 10 heteroatoms. The van der Waals surface area contributed by atoms with Crippen molar-refractivity contribution in [3.63, 3.8) is 0 Å². The van der Waals surface area contributed by atoms with E-state index in [4.69, 9.17) is 14.9 Å². The van der Waals surface area contributed by atoms with Gasteiger partial charge in [0.1, 0.15) is 18.3 Å². The topological polar surface area (TPSA) is 145 Å². The summed E-state index contributed by atoms with van der Waals surface area (Å²) in [4.78, 5) is 36.4. The largest absolute Gasteiger partial charge is 0.463 e. The summed E-state index contributed by atoms with van der Waals surface area (Å²) in [5.74, 6) is 0.559. The predicted molar refractivity (Wildman–Crippen MR) is 115 cm³/mol. The fraction of sp³-hybridized carbons (Fsp3) is 0.318. The number of aromatic nitrogens is 3. The first kappa shape index (κ1) is 21.3. The molecule has 166 valence electrons. The number of rotatable bonds is 8. The monoisotopic (exact) mass is 436 g/mol. The zero-order valence-electron chi connectivity index (χ0n) is 17.4. The molecule has 1 fully saturated rings. The van der Waals surface area contributed by atoms with Crippen molar-refractivity contribution in [3.8, 4) is 11.5 Å². The number of nitrogens with one attached hydrogen (secondary N) is 2. The maximum Gasteiger partial charge on any atom is 0.407 e. The second-order valence-corrected chi connectivity index (χ2v) is 7.49. The summed E-state index contributed by atoms with van der Waals surface area (Å²) in [6, 6.07) is 9.92. The van der Waals surface area contributed by atoms with E-state index in [0.29, 0.717) is 34.9 Å². The van der Waals surface area contributed by atoms with Gasteiger partial charge in [0.25, 0.3) is 0 Å². The van der Waals surface area contributed by atoms with Gasteiger partial charge in [-0.05, 0) is 43.2 Å². The summed E-state index contributed by atoms with van der Waals surface area (Å²) in [5, 5.41) is 5.59. The minimum Gasteiger partial charge on any atom is -0.463 e. The van der Waals surface area contributed by atoms with Crippen LogP contribution >= 0.6 is 0 Å². The highest BCUT2D eigenvalue weighted by atomic mass is 16.5. The molecule has 1 aliphatic carbocycles. The van der Waals surface area contributed by atoms with Crippen molar-refractivity contribution in [2.24, 2.45) is 0 Å². The Morgan fingerprint density at radius 2 is 2.03 bits per heavy atom. The molecule has 32 heavy (non-hydrogen) atoms. The van der Waals surface area contributed by atoms with Crippen LogP contribution in [0.1, 0.15) is 48.8 Å². The lowest BCUT2D eigenvalue weighted by Gasteiger charge is -2.17. The number of nitrogen functional groups attached to an aromatic ring is 1. The van der Waals surface area contributed by atoms with Crippen molar-refractivity contribution >= 4 is 18.5 Å². The number of carbonyl (C=O) groups excluding carboxylic acids is 2. The van der Waals surface area contributed by atoms with Crippen LogP contribution in [0, 0.1) is 0 Å². The smallest absolute Gasteiger partial charge is 0.407 e. The highest BCUT2D eigenvalue weighted by Crippen LogP contribution is 2.25. The zero-order chi connectivity index (χ0) is 22.3. The van der Waals surface area contributed by atoms with Gasteiger partial charge in [0.15, 0.2) is 5.76 Å².